The summed E-state index contributed by atoms with van der Waals surface area (Å²) in [5, 5.41) is 7.54. The van der Waals surface area contributed by atoms with E-state index in [9.17, 15) is 4.79 Å². The number of carbonyl (C=O) groups excluding carboxylic acids is 1. The summed E-state index contributed by atoms with van der Waals surface area (Å²) in [7, 11) is 1.62. The zero-order valence-electron chi connectivity index (χ0n) is 9.13. The van der Waals surface area contributed by atoms with Gasteiger partial charge in [0.05, 0.1) is 24.3 Å². The average molecular weight is 296 g/mol. The highest BCUT2D eigenvalue weighted by Gasteiger charge is 2.04. The molecule has 0 fully saturated rings. The Morgan fingerprint density at radius 1 is 1.53 bits per heavy atom. The molecular formula is C11H10BrN3O2. The second-order valence-corrected chi connectivity index (χ2v) is 4.28. The lowest BCUT2D eigenvalue weighted by Gasteiger charge is -2.05. The van der Waals surface area contributed by atoms with Gasteiger partial charge in [-0.3, -0.25) is 4.79 Å². The third-order valence-electron chi connectivity index (χ3n) is 2.24. The number of halogens is 1. The lowest BCUT2D eigenvalue weighted by molar-refractivity contribution is 0.111. The Bertz CT molecular complexity index is 539. The highest BCUT2D eigenvalue weighted by atomic mass is 79.9. The number of hydrogen-bond acceptors (Lipinski definition) is 4. The zero-order valence-corrected chi connectivity index (χ0v) is 10.7. The summed E-state index contributed by atoms with van der Waals surface area (Å²) in [6, 6.07) is 5.75. The molecule has 17 heavy (non-hydrogen) atoms. The summed E-state index contributed by atoms with van der Waals surface area (Å²) >= 11 is 3.41. The third kappa shape index (κ3) is 2.71. The standard InChI is InChI=1S/C11H10BrN3O2/c1-17-11-3-2-8(4-10(11)12)5-15-6-9(7-16)13-14-15/h2-4,6-7H,5H2,1H3. The minimum absolute atomic E-state index is 0.331. The Balaban J connectivity index is 2.18. The van der Waals surface area contributed by atoms with Crippen LogP contribution < -0.4 is 4.74 Å². The van der Waals surface area contributed by atoms with Gasteiger partial charge in [0, 0.05) is 0 Å². The summed E-state index contributed by atoms with van der Waals surface area (Å²) in [4.78, 5) is 10.5. The number of carbonyl (C=O) groups is 1. The molecule has 88 valence electrons. The van der Waals surface area contributed by atoms with Gasteiger partial charge >= 0.3 is 0 Å². The van der Waals surface area contributed by atoms with Crippen LogP contribution in [0.1, 0.15) is 16.1 Å². The molecule has 0 aliphatic rings. The number of ether oxygens (including phenoxy) is 1. The average Bonchev–Trinajstić information content (AvgIpc) is 2.77. The van der Waals surface area contributed by atoms with Crippen LogP contribution in [0.2, 0.25) is 0 Å². The molecule has 0 N–H and O–H groups in total. The van der Waals surface area contributed by atoms with Gasteiger partial charge in [-0.25, -0.2) is 4.68 Å². The highest BCUT2D eigenvalue weighted by Crippen LogP contribution is 2.25. The van der Waals surface area contributed by atoms with E-state index in [2.05, 4.69) is 26.2 Å². The maximum Gasteiger partial charge on any atom is 0.171 e. The van der Waals surface area contributed by atoms with Crippen molar-refractivity contribution in [3.63, 3.8) is 0 Å². The van der Waals surface area contributed by atoms with E-state index >= 15 is 0 Å². The molecule has 0 aliphatic heterocycles. The molecule has 1 aromatic heterocycles. The minimum atomic E-state index is 0.331. The van der Waals surface area contributed by atoms with Crippen LogP contribution in [0.25, 0.3) is 0 Å². The maximum atomic E-state index is 10.5. The van der Waals surface area contributed by atoms with Gasteiger partial charge < -0.3 is 4.74 Å². The largest absolute Gasteiger partial charge is 0.496 e. The van der Waals surface area contributed by atoms with Crippen molar-refractivity contribution in [1.82, 2.24) is 15.0 Å². The number of aromatic nitrogens is 3. The predicted octanol–water partition coefficient (Wildman–Crippen LogP) is 1.91. The van der Waals surface area contributed by atoms with Crippen LogP contribution in [-0.4, -0.2) is 28.4 Å². The van der Waals surface area contributed by atoms with E-state index in [1.165, 1.54) is 0 Å². The molecular weight excluding hydrogens is 286 g/mol. The van der Waals surface area contributed by atoms with Crippen molar-refractivity contribution in [2.45, 2.75) is 6.54 Å². The highest BCUT2D eigenvalue weighted by molar-refractivity contribution is 9.10. The second-order valence-electron chi connectivity index (χ2n) is 3.43. The van der Waals surface area contributed by atoms with Gasteiger partial charge in [-0.2, -0.15) is 0 Å². The van der Waals surface area contributed by atoms with Crippen molar-refractivity contribution in [2.75, 3.05) is 7.11 Å². The number of aldehydes is 1. The first-order valence-electron chi connectivity index (χ1n) is 4.90. The predicted molar refractivity (Wildman–Crippen MR) is 65.2 cm³/mol. The van der Waals surface area contributed by atoms with Gasteiger partial charge in [-0.05, 0) is 33.6 Å². The molecule has 1 aromatic carbocycles. The van der Waals surface area contributed by atoms with Crippen LogP contribution in [0.3, 0.4) is 0 Å². The van der Waals surface area contributed by atoms with Crippen molar-refractivity contribution >= 4 is 22.2 Å². The van der Waals surface area contributed by atoms with Crippen LogP contribution in [0.5, 0.6) is 5.75 Å². The fraction of sp³-hybridized carbons (Fsp3) is 0.182. The van der Waals surface area contributed by atoms with Crippen LogP contribution in [0.15, 0.2) is 28.9 Å². The molecule has 6 heteroatoms. The molecule has 0 atom stereocenters. The van der Waals surface area contributed by atoms with E-state index in [1.54, 1.807) is 18.0 Å². The number of nitrogens with zero attached hydrogens (tertiary/aromatic N) is 3. The summed E-state index contributed by atoms with van der Waals surface area (Å²) in [6.45, 7) is 0.559. The van der Waals surface area contributed by atoms with E-state index in [1.807, 2.05) is 18.2 Å². The van der Waals surface area contributed by atoms with E-state index < -0.39 is 0 Å². The molecule has 0 radical (unpaired) electrons. The number of rotatable bonds is 4. The molecule has 0 unspecified atom stereocenters. The number of hydrogen-bond donors (Lipinski definition) is 0. The van der Waals surface area contributed by atoms with Crippen LogP contribution in [-0.2, 0) is 6.54 Å². The normalized spacial score (nSPS) is 10.2. The first kappa shape index (κ1) is 11.8. The first-order valence-corrected chi connectivity index (χ1v) is 5.70. The fourth-order valence-corrected chi connectivity index (χ4v) is 2.03. The molecule has 0 aliphatic carbocycles. The molecule has 2 aromatic rings. The number of methoxy groups -OCH3 is 1. The second kappa shape index (κ2) is 5.09. The van der Waals surface area contributed by atoms with Gasteiger partial charge in [0.15, 0.2) is 6.29 Å². The van der Waals surface area contributed by atoms with Gasteiger partial charge in [-0.1, -0.05) is 11.3 Å². The van der Waals surface area contributed by atoms with Crippen molar-refractivity contribution in [3.05, 3.63) is 40.1 Å². The molecule has 0 bridgehead atoms. The molecule has 0 spiro atoms. The summed E-state index contributed by atoms with van der Waals surface area (Å²) in [5.41, 5.74) is 1.37. The van der Waals surface area contributed by atoms with Crippen LogP contribution >= 0.6 is 15.9 Å². The Kier molecular flexibility index (Phi) is 3.53. The Morgan fingerprint density at radius 3 is 2.94 bits per heavy atom. The summed E-state index contributed by atoms with van der Waals surface area (Å²) in [6.07, 6.45) is 2.28. The SMILES string of the molecule is COc1ccc(Cn2cc(C=O)nn2)cc1Br. The smallest absolute Gasteiger partial charge is 0.171 e. The quantitative estimate of drug-likeness (QED) is 0.809. The number of benzene rings is 1. The Hall–Kier alpha value is -1.69. The van der Waals surface area contributed by atoms with Gasteiger partial charge in [-0.15, -0.1) is 5.10 Å². The van der Waals surface area contributed by atoms with Crippen LogP contribution in [0, 0.1) is 0 Å². The zero-order chi connectivity index (χ0) is 12.3. The molecule has 0 saturated heterocycles. The van der Waals surface area contributed by atoms with Gasteiger partial charge in [0.1, 0.15) is 11.4 Å². The van der Waals surface area contributed by atoms with Crippen molar-refractivity contribution in [1.29, 1.82) is 0 Å². The Morgan fingerprint density at radius 2 is 2.35 bits per heavy atom. The fourth-order valence-electron chi connectivity index (χ4n) is 1.44. The lowest BCUT2D eigenvalue weighted by Crippen LogP contribution is -2.00. The van der Waals surface area contributed by atoms with Crippen molar-refractivity contribution in [2.24, 2.45) is 0 Å². The Labute approximate surface area is 107 Å². The van der Waals surface area contributed by atoms with Gasteiger partial charge in [0.2, 0.25) is 0 Å². The van der Waals surface area contributed by atoms with Gasteiger partial charge in [0.25, 0.3) is 0 Å². The molecule has 0 amide bonds. The molecule has 0 saturated carbocycles. The lowest BCUT2D eigenvalue weighted by atomic mass is 10.2. The van der Waals surface area contributed by atoms with Crippen molar-refractivity contribution < 1.29 is 9.53 Å². The maximum absolute atomic E-state index is 10.5. The topological polar surface area (TPSA) is 57.0 Å². The summed E-state index contributed by atoms with van der Waals surface area (Å²) in [5.74, 6) is 0.779. The molecule has 2 rings (SSSR count). The molecule has 5 nitrogen and oxygen atoms in total. The van der Waals surface area contributed by atoms with E-state index in [0.717, 1.165) is 15.8 Å². The van der Waals surface area contributed by atoms with E-state index in [4.69, 9.17) is 4.74 Å². The minimum Gasteiger partial charge on any atom is -0.496 e. The van der Waals surface area contributed by atoms with E-state index in [0.29, 0.717) is 18.5 Å². The van der Waals surface area contributed by atoms with E-state index in [-0.39, 0.29) is 0 Å². The van der Waals surface area contributed by atoms with Crippen molar-refractivity contribution in [3.8, 4) is 5.75 Å². The summed E-state index contributed by atoms with van der Waals surface area (Å²) < 4.78 is 7.64. The van der Waals surface area contributed by atoms with Crippen LogP contribution in [0.4, 0.5) is 0 Å². The third-order valence-corrected chi connectivity index (χ3v) is 2.86. The monoisotopic (exact) mass is 295 g/mol. The first-order chi connectivity index (χ1) is 8.22. The molecule has 1 heterocycles.